The summed E-state index contributed by atoms with van der Waals surface area (Å²) < 4.78 is 20.4. The van der Waals surface area contributed by atoms with Gasteiger partial charge in [0.05, 0.1) is 17.4 Å². The van der Waals surface area contributed by atoms with Crippen molar-refractivity contribution < 1.29 is 23.5 Å². The van der Waals surface area contributed by atoms with Gasteiger partial charge in [0, 0.05) is 31.6 Å². The molecule has 1 aromatic carbocycles. The molecule has 0 unspecified atom stereocenters. The number of ketones is 1. The molecule has 7 nitrogen and oxygen atoms in total. The predicted molar refractivity (Wildman–Crippen MR) is 120 cm³/mol. The molecule has 8 heteroatoms. The van der Waals surface area contributed by atoms with Crippen molar-refractivity contribution in [1.29, 1.82) is 0 Å². The monoisotopic (exact) mass is 443 g/mol. The van der Waals surface area contributed by atoms with Crippen LogP contribution in [0.4, 0.5) is 10.1 Å². The van der Waals surface area contributed by atoms with Gasteiger partial charge in [-0.25, -0.2) is 4.39 Å². The van der Waals surface area contributed by atoms with E-state index in [1.807, 2.05) is 0 Å². The SMILES string of the molecule is COC1CCC(NC(=O)C(=O)c2c(C)c(C(=O)Nc3ccc(F)c(C)c3)c(C)n2C)CC1. The Labute approximate surface area is 187 Å². The average Bonchev–Trinajstić information content (AvgIpc) is 2.99. The standard InChI is InChI=1S/C24H30FN3O4/c1-13-12-17(8-11-19(13)25)27-23(30)20-14(2)21(28(4)15(20)3)22(29)24(31)26-16-6-9-18(32-5)10-7-16/h8,11-12,16,18H,6-7,9-10H2,1-5H3,(H,26,31)(H,27,30). The van der Waals surface area contributed by atoms with E-state index in [-0.39, 0.29) is 23.7 Å². The summed E-state index contributed by atoms with van der Waals surface area (Å²) in [6, 6.07) is 4.24. The number of benzene rings is 1. The number of methoxy groups -OCH3 is 1. The molecule has 0 radical (unpaired) electrons. The Bertz CT molecular complexity index is 1050. The first-order valence-electron chi connectivity index (χ1n) is 10.7. The molecule has 32 heavy (non-hydrogen) atoms. The second kappa shape index (κ2) is 9.65. The summed E-state index contributed by atoms with van der Waals surface area (Å²) in [6.45, 7) is 4.99. The molecule has 1 aromatic heterocycles. The van der Waals surface area contributed by atoms with Gasteiger partial charge >= 0.3 is 0 Å². The van der Waals surface area contributed by atoms with Crippen molar-refractivity contribution >= 4 is 23.3 Å². The molecular weight excluding hydrogens is 413 g/mol. The number of nitrogens with one attached hydrogen (secondary N) is 2. The number of aromatic nitrogens is 1. The predicted octanol–water partition coefficient (Wildman–Crippen LogP) is 3.60. The maximum Gasteiger partial charge on any atom is 0.294 e. The van der Waals surface area contributed by atoms with Crippen LogP contribution in [0.3, 0.4) is 0 Å². The van der Waals surface area contributed by atoms with E-state index in [9.17, 15) is 18.8 Å². The van der Waals surface area contributed by atoms with Crippen molar-refractivity contribution in [2.45, 2.75) is 58.6 Å². The molecule has 0 bridgehead atoms. The van der Waals surface area contributed by atoms with Crippen LogP contribution in [0, 0.1) is 26.6 Å². The highest BCUT2D eigenvalue weighted by Gasteiger charge is 2.30. The van der Waals surface area contributed by atoms with Crippen molar-refractivity contribution in [2.24, 2.45) is 7.05 Å². The van der Waals surface area contributed by atoms with Gasteiger partial charge in [0.25, 0.3) is 17.6 Å². The van der Waals surface area contributed by atoms with Crippen LogP contribution in [0.25, 0.3) is 0 Å². The van der Waals surface area contributed by atoms with Crippen LogP contribution in [0.5, 0.6) is 0 Å². The molecule has 1 heterocycles. The third-order valence-corrected chi connectivity index (χ3v) is 6.34. The molecule has 0 atom stereocenters. The van der Waals surface area contributed by atoms with Gasteiger partial charge in [-0.1, -0.05) is 0 Å². The van der Waals surface area contributed by atoms with Gasteiger partial charge < -0.3 is 19.9 Å². The lowest BCUT2D eigenvalue weighted by Gasteiger charge is -2.28. The summed E-state index contributed by atoms with van der Waals surface area (Å²) in [5.41, 5.74) is 2.38. The lowest BCUT2D eigenvalue weighted by Crippen LogP contribution is -2.42. The number of hydrogen-bond donors (Lipinski definition) is 2. The highest BCUT2D eigenvalue weighted by Crippen LogP contribution is 2.25. The summed E-state index contributed by atoms with van der Waals surface area (Å²) in [6.07, 6.45) is 3.39. The Hall–Kier alpha value is -3.00. The van der Waals surface area contributed by atoms with E-state index < -0.39 is 17.6 Å². The zero-order chi connectivity index (χ0) is 23.6. The number of carbonyl (C=O) groups is 3. The van der Waals surface area contributed by atoms with Gasteiger partial charge in [0.15, 0.2) is 0 Å². The van der Waals surface area contributed by atoms with Crippen LogP contribution in [-0.2, 0) is 16.6 Å². The van der Waals surface area contributed by atoms with Crippen molar-refractivity contribution in [3.8, 4) is 0 Å². The molecule has 0 aliphatic heterocycles. The molecule has 0 saturated heterocycles. The Morgan fingerprint density at radius 3 is 2.34 bits per heavy atom. The lowest BCUT2D eigenvalue weighted by molar-refractivity contribution is -0.118. The first-order chi connectivity index (χ1) is 15.1. The number of nitrogens with zero attached hydrogens (tertiary/aromatic N) is 1. The maximum atomic E-state index is 13.5. The molecule has 2 N–H and O–H groups in total. The highest BCUT2D eigenvalue weighted by atomic mass is 19.1. The number of halogens is 1. The number of aryl methyl sites for hydroxylation is 1. The van der Waals surface area contributed by atoms with Crippen LogP contribution >= 0.6 is 0 Å². The van der Waals surface area contributed by atoms with Gasteiger partial charge in [-0.3, -0.25) is 14.4 Å². The first-order valence-corrected chi connectivity index (χ1v) is 10.7. The Morgan fingerprint density at radius 2 is 1.75 bits per heavy atom. The zero-order valence-electron chi connectivity index (χ0n) is 19.2. The minimum absolute atomic E-state index is 0.0657. The summed E-state index contributed by atoms with van der Waals surface area (Å²) in [5, 5.41) is 5.58. The number of ether oxygens (including phenoxy) is 1. The Morgan fingerprint density at radius 1 is 1.09 bits per heavy atom. The van der Waals surface area contributed by atoms with Gasteiger partial charge in [-0.05, 0) is 75.8 Å². The number of anilines is 1. The number of Topliss-reactive ketones (excluding diaryl/α,β-unsaturated/α-hetero) is 1. The van der Waals surface area contributed by atoms with Gasteiger partial charge in [0.2, 0.25) is 0 Å². The normalized spacial score (nSPS) is 18.3. The second-order valence-electron chi connectivity index (χ2n) is 8.42. The largest absolute Gasteiger partial charge is 0.381 e. The summed E-state index contributed by atoms with van der Waals surface area (Å²) in [7, 11) is 3.34. The molecule has 2 amide bonds. The van der Waals surface area contributed by atoms with Crippen LogP contribution in [0.2, 0.25) is 0 Å². The fourth-order valence-corrected chi connectivity index (χ4v) is 4.35. The molecule has 1 aliphatic carbocycles. The average molecular weight is 444 g/mol. The molecule has 0 spiro atoms. The smallest absolute Gasteiger partial charge is 0.294 e. The van der Waals surface area contributed by atoms with Crippen molar-refractivity contribution in [3.63, 3.8) is 0 Å². The van der Waals surface area contributed by atoms with E-state index >= 15 is 0 Å². The molecular formula is C24H30FN3O4. The molecule has 3 rings (SSSR count). The summed E-state index contributed by atoms with van der Waals surface area (Å²) in [4.78, 5) is 38.6. The van der Waals surface area contributed by atoms with Crippen molar-refractivity contribution in [2.75, 3.05) is 12.4 Å². The summed E-state index contributed by atoms with van der Waals surface area (Å²) in [5.74, 6) is -2.11. The van der Waals surface area contributed by atoms with E-state index in [2.05, 4.69) is 10.6 Å². The minimum atomic E-state index is -0.671. The van der Waals surface area contributed by atoms with Crippen molar-refractivity contribution in [3.05, 3.63) is 52.1 Å². The summed E-state index contributed by atoms with van der Waals surface area (Å²) >= 11 is 0. The maximum absolute atomic E-state index is 13.5. The molecule has 1 aliphatic rings. The highest BCUT2D eigenvalue weighted by molar-refractivity contribution is 6.43. The fraction of sp³-hybridized carbons (Fsp3) is 0.458. The molecule has 172 valence electrons. The van der Waals surface area contributed by atoms with E-state index in [0.29, 0.717) is 28.1 Å². The quantitative estimate of drug-likeness (QED) is 0.527. The van der Waals surface area contributed by atoms with Gasteiger partial charge in [-0.2, -0.15) is 0 Å². The van der Waals surface area contributed by atoms with Crippen LogP contribution in [0.15, 0.2) is 18.2 Å². The van der Waals surface area contributed by atoms with Gasteiger partial charge in [-0.15, -0.1) is 0 Å². The van der Waals surface area contributed by atoms with Crippen molar-refractivity contribution in [1.82, 2.24) is 9.88 Å². The molecule has 1 saturated carbocycles. The fourth-order valence-electron chi connectivity index (χ4n) is 4.35. The van der Waals surface area contributed by atoms with Crippen LogP contribution in [0.1, 0.15) is 63.4 Å². The van der Waals surface area contributed by atoms with E-state index in [0.717, 1.165) is 25.7 Å². The number of amides is 2. The Kier molecular flexibility index (Phi) is 7.13. The molecule has 1 fully saturated rings. The first kappa shape index (κ1) is 23.7. The lowest BCUT2D eigenvalue weighted by atomic mass is 9.93. The topological polar surface area (TPSA) is 89.4 Å². The number of carbonyl (C=O) groups excluding carboxylic acids is 3. The van der Waals surface area contributed by atoms with Crippen LogP contribution < -0.4 is 10.6 Å². The van der Waals surface area contributed by atoms with Crippen LogP contribution in [-0.4, -0.2) is 41.4 Å². The van der Waals surface area contributed by atoms with E-state index in [1.165, 1.54) is 12.1 Å². The minimum Gasteiger partial charge on any atom is -0.381 e. The van der Waals surface area contributed by atoms with Gasteiger partial charge in [0.1, 0.15) is 5.82 Å². The third-order valence-electron chi connectivity index (χ3n) is 6.34. The third kappa shape index (κ3) is 4.75. The number of hydrogen-bond acceptors (Lipinski definition) is 4. The molecule has 2 aromatic rings. The van der Waals surface area contributed by atoms with E-state index in [4.69, 9.17) is 4.74 Å². The second-order valence-corrected chi connectivity index (χ2v) is 8.42. The Balaban J connectivity index is 1.77. The zero-order valence-corrected chi connectivity index (χ0v) is 19.2. The number of rotatable bonds is 6. The van der Waals surface area contributed by atoms with E-state index in [1.54, 1.807) is 45.6 Å².